The van der Waals surface area contributed by atoms with E-state index in [9.17, 15) is 0 Å². The summed E-state index contributed by atoms with van der Waals surface area (Å²) in [4.78, 5) is 8.87. The predicted octanol–water partition coefficient (Wildman–Crippen LogP) is 7.02. The van der Waals surface area contributed by atoms with Crippen molar-refractivity contribution in [3.8, 4) is 22.9 Å². The largest absolute Gasteiger partial charge is 0.490 e. The molecule has 2 rings (SSSR count). The molecule has 0 N–H and O–H groups in total. The Morgan fingerprint density at radius 1 is 0.688 bits per heavy atom. The summed E-state index contributed by atoms with van der Waals surface area (Å²) in [5.41, 5.74) is 0.958. The van der Waals surface area contributed by atoms with Crippen molar-refractivity contribution in [1.82, 2.24) is 9.97 Å². The van der Waals surface area contributed by atoms with Crippen molar-refractivity contribution in [2.75, 3.05) is 26.4 Å². The fourth-order valence-electron chi connectivity index (χ4n) is 3.13. The van der Waals surface area contributed by atoms with Gasteiger partial charge < -0.3 is 14.2 Å². The Hall–Kier alpha value is -2.40. The van der Waals surface area contributed by atoms with Crippen LogP contribution in [0.15, 0.2) is 48.8 Å². The summed E-state index contributed by atoms with van der Waals surface area (Å²) >= 11 is 0. The van der Waals surface area contributed by atoms with Crippen molar-refractivity contribution in [2.45, 2.75) is 71.6 Å². The molecule has 2 aromatic rings. The molecule has 0 spiro atoms. The molecule has 1 aromatic carbocycles. The summed E-state index contributed by atoms with van der Waals surface area (Å²) in [7, 11) is 0. The van der Waals surface area contributed by atoms with E-state index >= 15 is 0 Å². The van der Waals surface area contributed by atoms with Crippen LogP contribution in [0.25, 0.3) is 11.4 Å². The van der Waals surface area contributed by atoms with Gasteiger partial charge in [-0.2, -0.15) is 0 Å². The molecular formula is C27H40N2O3. The van der Waals surface area contributed by atoms with Gasteiger partial charge in [0.15, 0.2) is 11.6 Å². The Morgan fingerprint density at radius 2 is 1.34 bits per heavy atom. The van der Waals surface area contributed by atoms with Gasteiger partial charge in [0.1, 0.15) is 12.4 Å². The Balaban J connectivity index is 1.63. The lowest BCUT2D eigenvalue weighted by molar-refractivity contribution is 0.122. The van der Waals surface area contributed by atoms with Gasteiger partial charge in [-0.15, -0.1) is 0 Å². The third kappa shape index (κ3) is 11.3. The quantitative estimate of drug-likeness (QED) is 0.184. The number of ether oxygens (including phenoxy) is 3. The van der Waals surface area contributed by atoms with E-state index < -0.39 is 0 Å². The van der Waals surface area contributed by atoms with Gasteiger partial charge in [0.2, 0.25) is 0 Å². The molecule has 0 amide bonds. The van der Waals surface area contributed by atoms with Crippen LogP contribution in [0.2, 0.25) is 0 Å². The number of unbranched alkanes of at least 4 members (excludes halogenated alkanes) is 6. The van der Waals surface area contributed by atoms with E-state index in [-0.39, 0.29) is 0 Å². The van der Waals surface area contributed by atoms with Crippen LogP contribution in [-0.4, -0.2) is 36.4 Å². The highest BCUT2D eigenvalue weighted by Gasteiger charge is 2.03. The van der Waals surface area contributed by atoms with E-state index in [1.165, 1.54) is 32.1 Å². The second kappa shape index (κ2) is 17.2. The van der Waals surface area contributed by atoms with Crippen LogP contribution in [0.5, 0.6) is 11.5 Å². The van der Waals surface area contributed by atoms with Crippen LogP contribution in [-0.2, 0) is 4.74 Å². The first-order valence-corrected chi connectivity index (χ1v) is 12.2. The number of hydrogen-bond donors (Lipinski definition) is 0. The summed E-state index contributed by atoms with van der Waals surface area (Å²) in [5.74, 6) is 2.23. The van der Waals surface area contributed by atoms with Crippen LogP contribution >= 0.6 is 0 Å². The molecular weight excluding hydrogens is 400 g/mol. The highest BCUT2D eigenvalue weighted by Crippen LogP contribution is 2.20. The summed E-state index contributed by atoms with van der Waals surface area (Å²) in [6, 6.07) is 7.88. The van der Waals surface area contributed by atoms with Crippen LogP contribution in [0, 0.1) is 0 Å². The maximum atomic E-state index is 5.76. The van der Waals surface area contributed by atoms with E-state index in [1.54, 1.807) is 12.4 Å². The maximum absolute atomic E-state index is 5.76. The second-order valence-corrected chi connectivity index (χ2v) is 7.92. The van der Waals surface area contributed by atoms with Crippen molar-refractivity contribution in [1.29, 1.82) is 0 Å². The first-order chi connectivity index (χ1) is 15.8. The molecule has 1 aromatic heterocycles. The van der Waals surface area contributed by atoms with Crippen molar-refractivity contribution < 1.29 is 14.2 Å². The fourth-order valence-corrected chi connectivity index (χ4v) is 3.13. The number of allylic oxidation sites excluding steroid dienone is 1. The summed E-state index contributed by atoms with van der Waals surface area (Å²) in [6.07, 6.45) is 18.3. The smallest absolute Gasteiger partial charge is 0.159 e. The molecule has 32 heavy (non-hydrogen) atoms. The molecule has 176 valence electrons. The highest BCUT2D eigenvalue weighted by atomic mass is 16.5. The molecule has 0 saturated heterocycles. The zero-order chi connectivity index (χ0) is 22.7. The average Bonchev–Trinajstić information content (AvgIpc) is 2.83. The van der Waals surface area contributed by atoms with Gasteiger partial charge in [-0.3, -0.25) is 0 Å². The number of rotatable bonds is 18. The van der Waals surface area contributed by atoms with Crippen LogP contribution in [0.3, 0.4) is 0 Å². The zero-order valence-corrected chi connectivity index (χ0v) is 19.9. The SMILES string of the molecule is CCCCCC=CCOc1ccc(-c2ncc(OCCCCOCCCCC)cn2)cc1. The van der Waals surface area contributed by atoms with E-state index in [1.807, 2.05) is 24.3 Å². The first-order valence-electron chi connectivity index (χ1n) is 12.2. The molecule has 0 fully saturated rings. The van der Waals surface area contributed by atoms with Gasteiger partial charge in [-0.05, 0) is 56.4 Å². The van der Waals surface area contributed by atoms with Gasteiger partial charge in [0.05, 0.1) is 19.0 Å². The minimum absolute atomic E-state index is 0.596. The number of nitrogens with zero attached hydrogens (tertiary/aromatic N) is 2. The predicted molar refractivity (Wildman–Crippen MR) is 131 cm³/mol. The van der Waals surface area contributed by atoms with Crippen LogP contribution in [0.4, 0.5) is 0 Å². The lowest BCUT2D eigenvalue weighted by Crippen LogP contribution is -2.02. The lowest BCUT2D eigenvalue weighted by atomic mass is 10.2. The number of aromatic nitrogens is 2. The summed E-state index contributed by atoms with van der Waals surface area (Å²) in [6.45, 7) is 7.34. The first kappa shape index (κ1) is 25.9. The topological polar surface area (TPSA) is 53.5 Å². The molecule has 0 aliphatic rings. The minimum Gasteiger partial charge on any atom is -0.490 e. The summed E-state index contributed by atoms with van der Waals surface area (Å²) < 4.78 is 17.1. The molecule has 0 aliphatic carbocycles. The lowest BCUT2D eigenvalue weighted by Gasteiger charge is -2.07. The number of hydrogen-bond acceptors (Lipinski definition) is 5. The molecule has 5 nitrogen and oxygen atoms in total. The number of benzene rings is 1. The molecule has 0 aliphatic heterocycles. The molecule has 1 heterocycles. The molecule has 0 saturated carbocycles. The minimum atomic E-state index is 0.596. The molecule has 0 atom stereocenters. The third-order valence-corrected chi connectivity index (χ3v) is 5.07. The van der Waals surface area contributed by atoms with E-state index in [0.29, 0.717) is 24.8 Å². The van der Waals surface area contributed by atoms with E-state index in [0.717, 1.165) is 50.2 Å². The molecule has 0 unspecified atom stereocenters. The van der Waals surface area contributed by atoms with E-state index in [4.69, 9.17) is 14.2 Å². The Kier molecular flexibility index (Phi) is 13.9. The van der Waals surface area contributed by atoms with Gasteiger partial charge in [0.25, 0.3) is 0 Å². The highest BCUT2D eigenvalue weighted by molar-refractivity contribution is 5.56. The average molecular weight is 441 g/mol. The van der Waals surface area contributed by atoms with Gasteiger partial charge in [-0.1, -0.05) is 51.7 Å². The van der Waals surface area contributed by atoms with Crippen LogP contribution in [0.1, 0.15) is 71.6 Å². The van der Waals surface area contributed by atoms with Crippen molar-refractivity contribution in [3.63, 3.8) is 0 Å². The molecule has 5 heteroatoms. The second-order valence-electron chi connectivity index (χ2n) is 7.92. The van der Waals surface area contributed by atoms with E-state index in [2.05, 4.69) is 36.0 Å². The van der Waals surface area contributed by atoms with Gasteiger partial charge in [0, 0.05) is 18.8 Å². The maximum Gasteiger partial charge on any atom is 0.159 e. The standard InChI is InChI=1S/C27H40N2O3/c1-3-5-7-8-9-11-20-31-25-16-14-24(15-17-25)27-28-22-26(23-29-27)32-21-13-12-19-30-18-10-6-4-2/h9,11,14-17,22-23H,3-8,10,12-13,18-21H2,1-2H3. The fraction of sp³-hybridized carbons (Fsp3) is 0.556. The Labute approximate surface area is 194 Å². The Bertz CT molecular complexity index is 730. The normalized spacial score (nSPS) is 11.2. The van der Waals surface area contributed by atoms with Crippen molar-refractivity contribution in [3.05, 3.63) is 48.8 Å². The molecule has 0 bridgehead atoms. The van der Waals surface area contributed by atoms with Crippen LogP contribution < -0.4 is 9.47 Å². The van der Waals surface area contributed by atoms with Gasteiger partial charge >= 0.3 is 0 Å². The Morgan fingerprint density at radius 3 is 2.06 bits per heavy atom. The summed E-state index contributed by atoms with van der Waals surface area (Å²) in [5, 5.41) is 0. The van der Waals surface area contributed by atoms with Crippen molar-refractivity contribution >= 4 is 0 Å². The zero-order valence-electron chi connectivity index (χ0n) is 19.9. The monoisotopic (exact) mass is 440 g/mol. The molecule has 0 radical (unpaired) electrons. The van der Waals surface area contributed by atoms with Gasteiger partial charge in [-0.25, -0.2) is 9.97 Å². The van der Waals surface area contributed by atoms with Crippen molar-refractivity contribution in [2.24, 2.45) is 0 Å². The third-order valence-electron chi connectivity index (χ3n) is 5.07.